The first-order valence-electron chi connectivity index (χ1n) is 14.5. The van der Waals surface area contributed by atoms with E-state index in [9.17, 15) is 0 Å². The van der Waals surface area contributed by atoms with Crippen LogP contribution in [0.3, 0.4) is 0 Å². The molecule has 30 heavy (non-hydrogen) atoms. The Kier molecular flexibility index (Phi) is 24.8. The Bertz CT molecular complexity index is 285. The van der Waals surface area contributed by atoms with Crippen molar-refractivity contribution in [3.05, 3.63) is 11.1 Å². The number of unbranched alkanes of at least 4 members (excludes halogenated alkanes) is 16. The van der Waals surface area contributed by atoms with E-state index in [0.717, 1.165) is 0 Å². The third-order valence-electron chi connectivity index (χ3n) is 6.83. The zero-order valence-corrected chi connectivity index (χ0v) is 22.0. The van der Waals surface area contributed by atoms with Crippen molar-refractivity contribution >= 4 is 0 Å². The van der Waals surface area contributed by atoms with Crippen LogP contribution in [0.2, 0.25) is 0 Å². The molecule has 0 radical (unpaired) electrons. The lowest BCUT2D eigenvalue weighted by Crippen LogP contribution is -1.97. The quantitative estimate of drug-likeness (QED) is 0.107. The van der Waals surface area contributed by atoms with Crippen molar-refractivity contribution < 1.29 is 0 Å². The van der Waals surface area contributed by atoms with Crippen molar-refractivity contribution in [3.63, 3.8) is 0 Å². The topological polar surface area (TPSA) is 0 Å². The Morgan fingerprint density at radius 3 is 0.667 bits per heavy atom. The summed E-state index contributed by atoms with van der Waals surface area (Å²) in [6.07, 6.45) is 34.2. The first kappa shape index (κ1) is 29.7. The average molecular weight is 421 g/mol. The second-order valence-electron chi connectivity index (χ2n) is 9.86. The van der Waals surface area contributed by atoms with Crippen molar-refractivity contribution in [1.29, 1.82) is 0 Å². The van der Waals surface area contributed by atoms with Crippen molar-refractivity contribution in [3.8, 4) is 0 Å². The van der Waals surface area contributed by atoms with Gasteiger partial charge in [0.2, 0.25) is 0 Å². The highest BCUT2D eigenvalue weighted by Crippen LogP contribution is 2.28. The summed E-state index contributed by atoms with van der Waals surface area (Å²) in [6.45, 7) is 9.32. The summed E-state index contributed by atoms with van der Waals surface area (Å²) in [6, 6.07) is 0. The van der Waals surface area contributed by atoms with Crippen LogP contribution in [0, 0.1) is 0 Å². The van der Waals surface area contributed by atoms with Crippen LogP contribution in [-0.2, 0) is 0 Å². The van der Waals surface area contributed by atoms with Gasteiger partial charge in [0.15, 0.2) is 0 Å². The third kappa shape index (κ3) is 19.7. The second kappa shape index (κ2) is 25.0. The molecule has 0 aromatic rings. The molecule has 0 nitrogen and oxygen atoms in total. The second-order valence-corrected chi connectivity index (χ2v) is 9.86. The molecule has 0 aromatic heterocycles. The first-order chi connectivity index (χ1) is 14.8. The number of hydrogen-bond acceptors (Lipinski definition) is 0. The molecule has 0 N–H and O–H groups in total. The van der Waals surface area contributed by atoms with Gasteiger partial charge in [-0.3, -0.25) is 0 Å². The van der Waals surface area contributed by atoms with Gasteiger partial charge in [-0.25, -0.2) is 0 Å². The minimum absolute atomic E-state index is 1.36. The van der Waals surface area contributed by atoms with Gasteiger partial charge < -0.3 is 0 Å². The van der Waals surface area contributed by atoms with Gasteiger partial charge in [-0.05, 0) is 51.4 Å². The maximum Gasteiger partial charge on any atom is -0.0318 e. The van der Waals surface area contributed by atoms with Crippen LogP contribution in [-0.4, -0.2) is 0 Å². The summed E-state index contributed by atoms with van der Waals surface area (Å²) < 4.78 is 0. The van der Waals surface area contributed by atoms with Crippen LogP contribution in [0.15, 0.2) is 11.1 Å². The zero-order valence-electron chi connectivity index (χ0n) is 22.0. The largest absolute Gasteiger partial charge is 0.0710 e. The maximum absolute atomic E-state index is 2.33. The van der Waals surface area contributed by atoms with E-state index in [0.29, 0.717) is 0 Å². The third-order valence-corrected chi connectivity index (χ3v) is 6.83. The van der Waals surface area contributed by atoms with E-state index >= 15 is 0 Å². The highest BCUT2D eigenvalue weighted by molar-refractivity contribution is 5.15. The van der Waals surface area contributed by atoms with E-state index in [1.807, 2.05) is 11.1 Å². The van der Waals surface area contributed by atoms with Gasteiger partial charge in [-0.1, -0.05) is 142 Å². The molecule has 180 valence electrons. The lowest BCUT2D eigenvalue weighted by Gasteiger charge is -2.17. The summed E-state index contributed by atoms with van der Waals surface area (Å²) in [4.78, 5) is 0. The molecule has 0 bridgehead atoms. The first-order valence-corrected chi connectivity index (χ1v) is 14.5. The van der Waals surface area contributed by atoms with Crippen molar-refractivity contribution in [1.82, 2.24) is 0 Å². The van der Waals surface area contributed by atoms with E-state index in [-0.39, 0.29) is 0 Å². The summed E-state index contributed by atoms with van der Waals surface area (Å²) in [5.41, 5.74) is 3.82. The predicted molar refractivity (Wildman–Crippen MR) is 141 cm³/mol. The molecule has 0 atom stereocenters. The van der Waals surface area contributed by atoms with Gasteiger partial charge in [0.1, 0.15) is 0 Å². The Balaban J connectivity index is 4.81. The summed E-state index contributed by atoms with van der Waals surface area (Å²) in [7, 11) is 0. The Hall–Kier alpha value is -0.260. The zero-order chi connectivity index (χ0) is 22.1. The fraction of sp³-hybridized carbons (Fsp3) is 0.933. The van der Waals surface area contributed by atoms with E-state index < -0.39 is 0 Å². The minimum atomic E-state index is 1.36. The molecule has 0 amide bonds. The number of allylic oxidation sites excluding steroid dienone is 2. The van der Waals surface area contributed by atoms with Crippen LogP contribution < -0.4 is 0 Å². The molecule has 0 fully saturated rings. The highest BCUT2D eigenvalue weighted by atomic mass is 14.1. The average Bonchev–Trinajstić information content (AvgIpc) is 2.76. The van der Waals surface area contributed by atoms with Gasteiger partial charge >= 0.3 is 0 Å². The van der Waals surface area contributed by atoms with E-state index in [1.54, 1.807) is 0 Å². The molecule has 0 heterocycles. The molecule has 0 aliphatic carbocycles. The molecule has 0 aliphatic heterocycles. The summed E-state index contributed by atoms with van der Waals surface area (Å²) in [5, 5.41) is 0. The molecule has 0 unspecified atom stereocenters. The van der Waals surface area contributed by atoms with Gasteiger partial charge in [0, 0.05) is 0 Å². The monoisotopic (exact) mass is 420 g/mol. The Labute approximate surface area is 193 Å². The lowest BCUT2D eigenvalue weighted by molar-refractivity contribution is 0.572. The van der Waals surface area contributed by atoms with Crippen LogP contribution in [0.4, 0.5) is 0 Å². The number of hydrogen-bond donors (Lipinski definition) is 0. The molecule has 0 saturated carbocycles. The van der Waals surface area contributed by atoms with Crippen molar-refractivity contribution in [2.75, 3.05) is 0 Å². The molecular formula is C30H60. The predicted octanol–water partition coefficient (Wildman–Crippen LogP) is 11.7. The van der Waals surface area contributed by atoms with Crippen LogP contribution in [0.1, 0.15) is 182 Å². The van der Waals surface area contributed by atoms with E-state index in [1.165, 1.54) is 154 Å². The standard InChI is InChI=1S/C30H60/c1-5-9-13-17-21-25-29(26-22-18-14-10-6-2)30(27-23-19-15-11-7-3)28-24-20-16-12-8-4/h5-28H2,1-4H3. The molecule has 0 aromatic carbocycles. The smallest absolute Gasteiger partial charge is 0.0318 e. The highest BCUT2D eigenvalue weighted by Gasteiger charge is 2.08. The van der Waals surface area contributed by atoms with Gasteiger partial charge in [0.05, 0.1) is 0 Å². The fourth-order valence-corrected chi connectivity index (χ4v) is 4.72. The van der Waals surface area contributed by atoms with E-state index in [4.69, 9.17) is 0 Å². The van der Waals surface area contributed by atoms with Crippen LogP contribution in [0.25, 0.3) is 0 Å². The SMILES string of the molecule is CCCCCCCC(CCCCCCC)=C(CCCCCCC)CCCCCCC. The lowest BCUT2D eigenvalue weighted by atomic mass is 9.89. The molecule has 0 saturated heterocycles. The number of rotatable bonds is 24. The molecule has 0 rings (SSSR count). The van der Waals surface area contributed by atoms with Gasteiger partial charge in [-0.2, -0.15) is 0 Å². The van der Waals surface area contributed by atoms with Crippen molar-refractivity contribution in [2.24, 2.45) is 0 Å². The summed E-state index contributed by atoms with van der Waals surface area (Å²) in [5.74, 6) is 0. The normalized spacial score (nSPS) is 11.2. The van der Waals surface area contributed by atoms with Gasteiger partial charge in [0.25, 0.3) is 0 Å². The Morgan fingerprint density at radius 1 is 0.267 bits per heavy atom. The fourth-order valence-electron chi connectivity index (χ4n) is 4.72. The minimum Gasteiger partial charge on any atom is -0.0710 e. The molecular weight excluding hydrogens is 360 g/mol. The Morgan fingerprint density at radius 2 is 0.467 bits per heavy atom. The molecule has 0 heteroatoms. The van der Waals surface area contributed by atoms with Crippen molar-refractivity contribution in [2.45, 2.75) is 182 Å². The maximum atomic E-state index is 2.33. The van der Waals surface area contributed by atoms with Gasteiger partial charge in [-0.15, -0.1) is 0 Å². The van der Waals surface area contributed by atoms with Crippen LogP contribution >= 0.6 is 0 Å². The molecule has 0 aliphatic rings. The summed E-state index contributed by atoms with van der Waals surface area (Å²) >= 11 is 0. The van der Waals surface area contributed by atoms with Crippen LogP contribution in [0.5, 0.6) is 0 Å². The van der Waals surface area contributed by atoms with E-state index in [2.05, 4.69) is 27.7 Å². The molecule has 0 spiro atoms.